The number of fused-ring (bicyclic) bond motifs is 1. The fraction of sp³-hybridized carbons (Fsp3) is 0.444. The number of rotatable bonds is 3. The van der Waals surface area contributed by atoms with Crippen LogP contribution in [0, 0.1) is 13.8 Å². The van der Waals surface area contributed by atoms with E-state index in [4.69, 9.17) is 9.47 Å². The lowest BCUT2D eigenvalue weighted by Crippen LogP contribution is -2.30. The van der Waals surface area contributed by atoms with Gasteiger partial charge in [0.15, 0.2) is 17.5 Å². The van der Waals surface area contributed by atoms with Gasteiger partial charge in [-0.1, -0.05) is 0 Å². The van der Waals surface area contributed by atoms with Crippen LogP contribution < -0.4 is 20.1 Å². The van der Waals surface area contributed by atoms with E-state index < -0.39 is 0 Å². The van der Waals surface area contributed by atoms with Gasteiger partial charge in [-0.25, -0.2) is 0 Å². The largest absolute Gasteiger partial charge is 0.490 e. The number of hydrogen-bond donors (Lipinski definition) is 2. The molecule has 0 saturated heterocycles. The lowest BCUT2D eigenvalue weighted by atomic mass is 10.2. The molecule has 7 nitrogen and oxygen atoms in total. The summed E-state index contributed by atoms with van der Waals surface area (Å²) < 4.78 is 13.3. The third-order valence-electron chi connectivity index (χ3n) is 4.33. The fourth-order valence-electron chi connectivity index (χ4n) is 2.80. The zero-order chi connectivity index (χ0) is 17.8. The Morgan fingerprint density at radius 2 is 2.00 bits per heavy atom. The minimum absolute atomic E-state index is 0.662. The smallest absolute Gasteiger partial charge is 0.195 e. The second kappa shape index (κ2) is 7.46. The number of ether oxygens (including phenoxy) is 2. The predicted molar refractivity (Wildman–Crippen MR) is 98.6 cm³/mol. The zero-order valence-electron chi connectivity index (χ0n) is 15.2. The Hall–Kier alpha value is -2.70. The first kappa shape index (κ1) is 17.1. The second-order valence-corrected chi connectivity index (χ2v) is 6.04. The summed E-state index contributed by atoms with van der Waals surface area (Å²) in [6.07, 6.45) is 0.893. The Balaban J connectivity index is 1.67. The van der Waals surface area contributed by atoms with Crippen LogP contribution in [0.15, 0.2) is 23.2 Å². The van der Waals surface area contributed by atoms with E-state index in [0.717, 1.165) is 35.0 Å². The van der Waals surface area contributed by atoms with Crippen LogP contribution in [-0.4, -0.2) is 36.0 Å². The molecule has 25 heavy (non-hydrogen) atoms. The average molecular weight is 343 g/mol. The molecule has 0 bridgehead atoms. The average Bonchev–Trinajstić information content (AvgIpc) is 2.78. The molecular weight excluding hydrogens is 318 g/mol. The van der Waals surface area contributed by atoms with Gasteiger partial charge < -0.3 is 20.1 Å². The molecule has 1 aliphatic heterocycles. The number of hydrogen-bond acceptors (Lipinski definition) is 4. The minimum Gasteiger partial charge on any atom is -0.490 e. The summed E-state index contributed by atoms with van der Waals surface area (Å²) in [5.41, 5.74) is 4.26. The quantitative estimate of drug-likeness (QED) is 0.661. The van der Waals surface area contributed by atoms with Gasteiger partial charge in [-0.15, -0.1) is 0 Å². The summed E-state index contributed by atoms with van der Waals surface area (Å²) in [7, 11) is 3.71. The monoisotopic (exact) mass is 343 g/mol. The summed E-state index contributed by atoms with van der Waals surface area (Å²) in [6, 6.07) is 5.82. The summed E-state index contributed by atoms with van der Waals surface area (Å²) in [5, 5.41) is 11.1. The molecule has 0 unspecified atom stereocenters. The lowest BCUT2D eigenvalue weighted by molar-refractivity contribution is 0.297. The van der Waals surface area contributed by atoms with Crippen LogP contribution >= 0.6 is 0 Å². The number of nitrogens with one attached hydrogen (secondary N) is 2. The summed E-state index contributed by atoms with van der Waals surface area (Å²) in [6.45, 7) is 6.10. The van der Waals surface area contributed by atoms with Crippen LogP contribution in [0.25, 0.3) is 0 Å². The maximum Gasteiger partial charge on any atom is 0.195 e. The molecule has 0 aliphatic carbocycles. The second-order valence-electron chi connectivity index (χ2n) is 6.04. The normalized spacial score (nSPS) is 14.2. The van der Waals surface area contributed by atoms with Gasteiger partial charge in [0.25, 0.3) is 0 Å². The Kier molecular flexibility index (Phi) is 5.11. The molecule has 7 heteroatoms. The highest BCUT2D eigenvalue weighted by Crippen LogP contribution is 2.32. The van der Waals surface area contributed by atoms with Crippen molar-refractivity contribution in [3.8, 4) is 11.5 Å². The predicted octanol–water partition coefficient (Wildman–Crippen LogP) is 2.39. The molecule has 0 amide bonds. The fourth-order valence-corrected chi connectivity index (χ4v) is 2.80. The van der Waals surface area contributed by atoms with Gasteiger partial charge in [0.2, 0.25) is 0 Å². The first-order valence-electron chi connectivity index (χ1n) is 8.45. The molecule has 134 valence electrons. The van der Waals surface area contributed by atoms with E-state index in [2.05, 4.69) is 27.6 Å². The van der Waals surface area contributed by atoms with Gasteiger partial charge in [-0.3, -0.25) is 9.67 Å². The van der Waals surface area contributed by atoms with Crippen molar-refractivity contribution >= 4 is 11.6 Å². The van der Waals surface area contributed by atoms with Gasteiger partial charge in [0.05, 0.1) is 18.9 Å². The molecule has 0 saturated carbocycles. The third-order valence-corrected chi connectivity index (χ3v) is 4.33. The third kappa shape index (κ3) is 3.87. The van der Waals surface area contributed by atoms with E-state index >= 15 is 0 Å². The van der Waals surface area contributed by atoms with Crippen LogP contribution in [-0.2, 0) is 13.6 Å². The number of aryl methyl sites for hydroxylation is 2. The van der Waals surface area contributed by atoms with Crippen molar-refractivity contribution in [2.45, 2.75) is 26.8 Å². The van der Waals surface area contributed by atoms with Gasteiger partial charge in [0.1, 0.15) is 0 Å². The number of aliphatic imine (C=N–C) groups is 1. The highest BCUT2D eigenvalue weighted by molar-refractivity contribution is 5.93. The highest BCUT2D eigenvalue weighted by Gasteiger charge is 2.12. The standard InChI is InChI=1S/C18H25N5O2/c1-12-15(13(2)23(4)22-12)11-20-18(19-3)21-14-6-7-16-17(10-14)25-9-5-8-24-16/h6-7,10H,5,8-9,11H2,1-4H3,(H2,19,20,21). The van der Waals surface area contributed by atoms with Crippen molar-refractivity contribution in [1.29, 1.82) is 0 Å². The molecule has 2 aromatic rings. The van der Waals surface area contributed by atoms with Crippen molar-refractivity contribution in [1.82, 2.24) is 15.1 Å². The first-order valence-corrected chi connectivity index (χ1v) is 8.45. The van der Waals surface area contributed by atoms with E-state index in [0.29, 0.717) is 25.7 Å². The van der Waals surface area contributed by atoms with Crippen LogP contribution in [0.1, 0.15) is 23.4 Å². The Bertz CT molecular complexity index is 782. The molecular formula is C18H25N5O2. The molecule has 0 atom stereocenters. The van der Waals surface area contributed by atoms with E-state index in [1.165, 1.54) is 5.56 Å². The maximum atomic E-state index is 5.73. The first-order chi connectivity index (χ1) is 12.1. The van der Waals surface area contributed by atoms with E-state index in [1.807, 2.05) is 36.9 Å². The molecule has 0 spiro atoms. The van der Waals surface area contributed by atoms with Gasteiger partial charge in [-0.2, -0.15) is 5.10 Å². The Labute approximate surface area is 148 Å². The minimum atomic E-state index is 0.662. The Morgan fingerprint density at radius 1 is 1.24 bits per heavy atom. The molecule has 1 aliphatic rings. The Morgan fingerprint density at radius 3 is 2.68 bits per heavy atom. The number of nitrogens with zero attached hydrogens (tertiary/aromatic N) is 3. The molecule has 3 rings (SSSR count). The summed E-state index contributed by atoms with van der Waals surface area (Å²) in [4.78, 5) is 4.29. The zero-order valence-corrected chi connectivity index (χ0v) is 15.2. The molecule has 1 aromatic heterocycles. The van der Waals surface area contributed by atoms with E-state index in [9.17, 15) is 0 Å². The molecule has 0 radical (unpaired) electrons. The molecule has 2 N–H and O–H groups in total. The SMILES string of the molecule is CN=C(NCc1c(C)nn(C)c1C)Nc1ccc2c(c1)OCCCO2. The van der Waals surface area contributed by atoms with Crippen LogP contribution in [0.4, 0.5) is 5.69 Å². The number of aromatic nitrogens is 2. The van der Waals surface area contributed by atoms with Crippen LogP contribution in [0.5, 0.6) is 11.5 Å². The van der Waals surface area contributed by atoms with Crippen molar-refractivity contribution in [2.75, 3.05) is 25.6 Å². The highest BCUT2D eigenvalue weighted by atomic mass is 16.5. The number of anilines is 1. The van der Waals surface area contributed by atoms with E-state index in [1.54, 1.807) is 7.05 Å². The molecule has 0 fully saturated rings. The van der Waals surface area contributed by atoms with Crippen molar-refractivity contribution in [3.63, 3.8) is 0 Å². The van der Waals surface area contributed by atoms with Crippen molar-refractivity contribution in [3.05, 3.63) is 35.2 Å². The molecule has 2 heterocycles. The van der Waals surface area contributed by atoms with Gasteiger partial charge >= 0.3 is 0 Å². The lowest BCUT2D eigenvalue weighted by Gasteiger charge is -2.14. The van der Waals surface area contributed by atoms with Crippen molar-refractivity contribution < 1.29 is 9.47 Å². The summed E-state index contributed by atoms with van der Waals surface area (Å²) in [5.74, 6) is 2.24. The van der Waals surface area contributed by atoms with Crippen LogP contribution in [0.2, 0.25) is 0 Å². The number of benzene rings is 1. The summed E-state index contributed by atoms with van der Waals surface area (Å²) >= 11 is 0. The van der Waals surface area contributed by atoms with Gasteiger partial charge in [-0.05, 0) is 26.0 Å². The number of guanidine groups is 1. The van der Waals surface area contributed by atoms with Gasteiger partial charge in [0, 0.05) is 50.1 Å². The van der Waals surface area contributed by atoms with E-state index in [-0.39, 0.29) is 0 Å². The van der Waals surface area contributed by atoms with Crippen LogP contribution in [0.3, 0.4) is 0 Å². The molecule has 1 aromatic carbocycles. The topological polar surface area (TPSA) is 72.7 Å². The maximum absolute atomic E-state index is 5.73. The van der Waals surface area contributed by atoms with Crippen molar-refractivity contribution in [2.24, 2.45) is 12.0 Å².